The van der Waals surface area contributed by atoms with Gasteiger partial charge in [-0.25, -0.2) is 13.1 Å². The maximum atomic E-state index is 11.0. The van der Waals surface area contributed by atoms with Crippen LogP contribution in [0.3, 0.4) is 0 Å². The van der Waals surface area contributed by atoms with E-state index in [4.69, 9.17) is 0 Å². The molecule has 0 radical (unpaired) electrons. The van der Waals surface area contributed by atoms with Gasteiger partial charge in [-0.2, -0.15) is 0 Å². The second kappa shape index (κ2) is 4.67. The zero-order valence-electron chi connectivity index (χ0n) is 7.94. The van der Waals surface area contributed by atoms with Crippen LogP contribution in [-0.4, -0.2) is 38.0 Å². The Bertz CT molecular complexity index is 386. The minimum atomic E-state index is -3.14. The van der Waals surface area contributed by atoms with Crippen LogP contribution in [0.15, 0.2) is 0 Å². The first-order chi connectivity index (χ1) is 6.53. The highest BCUT2D eigenvalue weighted by Gasteiger charge is 2.06. The molecule has 80 valence electrons. The minimum absolute atomic E-state index is 0.0299. The first-order valence-corrected chi connectivity index (χ1v) is 6.45. The van der Waals surface area contributed by atoms with Gasteiger partial charge in [0.25, 0.3) is 0 Å². The van der Waals surface area contributed by atoms with Crippen LogP contribution in [0, 0.1) is 6.92 Å². The van der Waals surface area contributed by atoms with Crippen LogP contribution in [-0.2, 0) is 10.0 Å². The fourth-order valence-corrected chi connectivity index (χ4v) is 1.95. The molecule has 1 heterocycles. The highest BCUT2D eigenvalue weighted by Crippen LogP contribution is 2.12. The van der Waals surface area contributed by atoms with Gasteiger partial charge < -0.3 is 5.32 Å². The molecule has 0 amide bonds. The molecule has 1 aromatic heterocycles. The van der Waals surface area contributed by atoms with Crippen molar-refractivity contribution in [2.45, 2.75) is 6.92 Å². The third-order valence-corrected chi connectivity index (χ3v) is 3.64. The number of nitrogens with zero attached hydrogens (tertiary/aromatic N) is 2. The number of aromatic nitrogens is 2. The Hall–Kier alpha value is -0.730. The summed E-state index contributed by atoms with van der Waals surface area (Å²) in [7, 11) is -1.75. The molecule has 8 heteroatoms. The fraction of sp³-hybridized carbons (Fsp3) is 0.667. The molecule has 0 saturated heterocycles. The second-order valence-electron chi connectivity index (χ2n) is 2.58. The van der Waals surface area contributed by atoms with Gasteiger partial charge >= 0.3 is 0 Å². The zero-order chi connectivity index (χ0) is 10.6. The SMILES string of the molecule is CNS(=O)(=O)CCNc1nnc(C)s1. The van der Waals surface area contributed by atoms with Crippen LogP contribution in [0.2, 0.25) is 0 Å². The van der Waals surface area contributed by atoms with E-state index >= 15 is 0 Å². The highest BCUT2D eigenvalue weighted by atomic mass is 32.2. The second-order valence-corrected chi connectivity index (χ2v) is 5.80. The number of nitrogens with one attached hydrogen (secondary N) is 2. The van der Waals surface area contributed by atoms with Gasteiger partial charge in [0.1, 0.15) is 5.01 Å². The molecule has 0 aliphatic rings. The Morgan fingerprint density at radius 1 is 1.43 bits per heavy atom. The van der Waals surface area contributed by atoms with E-state index in [1.54, 1.807) is 0 Å². The van der Waals surface area contributed by atoms with Crippen molar-refractivity contribution in [2.75, 3.05) is 24.7 Å². The summed E-state index contributed by atoms with van der Waals surface area (Å²) in [5, 5.41) is 12.0. The number of hydrogen-bond donors (Lipinski definition) is 2. The van der Waals surface area contributed by atoms with Crippen molar-refractivity contribution in [3.63, 3.8) is 0 Å². The minimum Gasteiger partial charge on any atom is -0.359 e. The van der Waals surface area contributed by atoms with Crippen molar-refractivity contribution in [3.8, 4) is 0 Å². The molecule has 0 bridgehead atoms. The van der Waals surface area contributed by atoms with Gasteiger partial charge in [0.05, 0.1) is 5.75 Å². The van der Waals surface area contributed by atoms with Gasteiger partial charge in [0, 0.05) is 6.54 Å². The maximum absolute atomic E-state index is 11.0. The van der Waals surface area contributed by atoms with Crippen LogP contribution >= 0.6 is 11.3 Å². The van der Waals surface area contributed by atoms with Crippen LogP contribution in [0.5, 0.6) is 0 Å². The van der Waals surface area contributed by atoms with Crippen molar-refractivity contribution in [1.82, 2.24) is 14.9 Å². The van der Waals surface area contributed by atoms with Gasteiger partial charge in [-0.15, -0.1) is 10.2 Å². The molecule has 1 rings (SSSR count). The first-order valence-electron chi connectivity index (χ1n) is 3.99. The summed E-state index contributed by atoms with van der Waals surface area (Å²) in [6, 6.07) is 0. The first kappa shape index (κ1) is 11.3. The Morgan fingerprint density at radius 2 is 2.14 bits per heavy atom. The third kappa shape index (κ3) is 3.56. The van der Waals surface area contributed by atoms with E-state index in [-0.39, 0.29) is 5.75 Å². The van der Waals surface area contributed by atoms with Crippen molar-refractivity contribution in [1.29, 1.82) is 0 Å². The molecular formula is C6H12N4O2S2. The van der Waals surface area contributed by atoms with Crippen LogP contribution < -0.4 is 10.0 Å². The summed E-state index contributed by atoms with van der Waals surface area (Å²) < 4.78 is 24.3. The molecule has 1 aromatic rings. The number of rotatable bonds is 5. The van der Waals surface area contributed by atoms with E-state index in [2.05, 4.69) is 20.2 Å². The average Bonchev–Trinajstić information content (AvgIpc) is 2.51. The van der Waals surface area contributed by atoms with Gasteiger partial charge in [0.15, 0.2) is 0 Å². The molecule has 6 nitrogen and oxygen atoms in total. The highest BCUT2D eigenvalue weighted by molar-refractivity contribution is 7.89. The summed E-state index contributed by atoms with van der Waals surface area (Å²) in [5.74, 6) is 0.0299. The van der Waals surface area contributed by atoms with Crippen LogP contribution in [0.25, 0.3) is 0 Å². The van der Waals surface area contributed by atoms with E-state index in [1.807, 2.05) is 6.92 Å². The quantitative estimate of drug-likeness (QED) is 0.740. The number of anilines is 1. The largest absolute Gasteiger partial charge is 0.359 e. The molecular weight excluding hydrogens is 224 g/mol. The molecule has 2 N–H and O–H groups in total. The number of aryl methyl sites for hydroxylation is 1. The molecule has 0 aromatic carbocycles. The van der Waals surface area contributed by atoms with Gasteiger partial charge in [-0.05, 0) is 14.0 Å². The van der Waals surface area contributed by atoms with E-state index in [9.17, 15) is 8.42 Å². The topological polar surface area (TPSA) is 84.0 Å². The molecule has 0 fully saturated rings. The van der Waals surface area contributed by atoms with E-state index < -0.39 is 10.0 Å². The Kier molecular flexibility index (Phi) is 3.78. The maximum Gasteiger partial charge on any atom is 0.213 e. The molecule has 0 unspecified atom stereocenters. The summed E-state index contributed by atoms with van der Waals surface area (Å²) in [4.78, 5) is 0. The lowest BCUT2D eigenvalue weighted by molar-refractivity contribution is 0.588. The smallest absolute Gasteiger partial charge is 0.213 e. The molecule has 0 aliphatic carbocycles. The van der Waals surface area contributed by atoms with Crippen LogP contribution in [0.4, 0.5) is 5.13 Å². The molecule has 0 saturated carbocycles. The Balaban J connectivity index is 2.36. The summed E-state index contributed by atoms with van der Waals surface area (Å²) in [6.07, 6.45) is 0. The van der Waals surface area contributed by atoms with Crippen molar-refractivity contribution in [2.24, 2.45) is 0 Å². The summed E-state index contributed by atoms with van der Waals surface area (Å²) >= 11 is 1.40. The van der Waals surface area contributed by atoms with Crippen molar-refractivity contribution >= 4 is 26.5 Å². The zero-order valence-corrected chi connectivity index (χ0v) is 9.57. The molecule has 0 atom stereocenters. The Labute approximate surface area is 86.8 Å². The number of hydrogen-bond acceptors (Lipinski definition) is 6. The van der Waals surface area contributed by atoms with Gasteiger partial charge in [-0.3, -0.25) is 0 Å². The normalized spacial score (nSPS) is 11.6. The van der Waals surface area contributed by atoms with E-state index in [1.165, 1.54) is 18.4 Å². The molecule has 14 heavy (non-hydrogen) atoms. The number of sulfonamides is 1. The predicted octanol–water partition coefficient (Wildman–Crippen LogP) is -0.192. The lowest BCUT2D eigenvalue weighted by atomic mass is 10.7. The molecule has 0 aliphatic heterocycles. The third-order valence-electron chi connectivity index (χ3n) is 1.48. The summed E-state index contributed by atoms with van der Waals surface area (Å²) in [5.41, 5.74) is 0. The fourth-order valence-electron chi connectivity index (χ4n) is 0.762. The van der Waals surface area contributed by atoms with E-state index in [0.29, 0.717) is 11.7 Å². The standard InChI is InChI=1S/C6H12N4O2S2/c1-5-9-10-6(13-5)8-3-4-14(11,12)7-2/h7H,3-4H2,1-2H3,(H,8,10). The Morgan fingerprint density at radius 3 is 2.64 bits per heavy atom. The predicted molar refractivity (Wildman–Crippen MR) is 56.0 cm³/mol. The van der Waals surface area contributed by atoms with Gasteiger partial charge in [0.2, 0.25) is 15.2 Å². The van der Waals surface area contributed by atoms with Crippen molar-refractivity contribution < 1.29 is 8.42 Å². The van der Waals surface area contributed by atoms with Crippen LogP contribution in [0.1, 0.15) is 5.01 Å². The van der Waals surface area contributed by atoms with Gasteiger partial charge in [-0.1, -0.05) is 11.3 Å². The molecule has 0 spiro atoms. The average molecular weight is 236 g/mol. The lowest BCUT2D eigenvalue weighted by Crippen LogP contribution is -2.26. The van der Waals surface area contributed by atoms with Crippen molar-refractivity contribution in [3.05, 3.63) is 5.01 Å². The van der Waals surface area contributed by atoms with E-state index in [0.717, 1.165) is 5.01 Å². The monoisotopic (exact) mass is 236 g/mol. The lowest BCUT2D eigenvalue weighted by Gasteiger charge is -2.02. The summed E-state index contributed by atoms with van der Waals surface area (Å²) in [6.45, 7) is 2.17.